The Kier molecular flexibility index (Phi) is 6.17. The normalized spacial score (nSPS) is 17.5. The van der Waals surface area contributed by atoms with E-state index < -0.39 is 0 Å². The third-order valence-corrected chi connectivity index (χ3v) is 6.09. The first-order valence-electron chi connectivity index (χ1n) is 9.55. The maximum absolute atomic E-state index is 13.1. The molecule has 1 aromatic carbocycles. The van der Waals surface area contributed by atoms with Gasteiger partial charge in [-0.05, 0) is 57.5 Å². The fourth-order valence-corrected chi connectivity index (χ4v) is 3.79. The number of nitrogens with one attached hydrogen (secondary N) is 1. The summed E-state index contributed by atoms with van der Waals surface area (Å²) in [6.07, 6.45) is 2.02. The van der Waals surface area contributed by atoms with Crippen LogP contribution in [0, 0.1) is 6.92 Å². The number of halogens is 1. The highest BCUT2D eigenvalue weighted by Gasteiger charge is 2.28. The Morgan fingerprint density at radius 1 is 1.26 bits per heavy atom. The number of carbonyl (C=O) groups is 1. The fraction of sp³-hybridized carbons (Fsp3) is 0.550. The average molecular weight is 390 g/mol. The molecule has 3 rings (SSSR count). The minimum Gasteiger partial charge on any atom is -0.337 e. The van der Waals surface area contributed by atoms with Gasteiger partial charge in [0.1, 0.15) is 0 Å². The lowest BCUT2D eigenvalue weighted by Crippen LogP contribution is -2.38. The Balaban J connectivity index is 1.74. The number of aromatic nitrogens is 3. The molecule has 6 nitrogen and oxygen atoms in total. The van der Waals surface area contributed by atoms with E-state index in [9.17, 15) is 4.79 Å². The number of hydrogen-bond donors (Lipinski definition) is 1. The SMILES string of the molecule is Cc1c(C(=O)N(C)C(C)C(C)c2ccc(Cl)cc2)nnn1C1CCNCC1. The van der Waals surface area contributed by atoms with Gasteiger partial charge in [0, 0.05) is 24.0 Å². The summed E-state index contributed by atoms with van der Waals surface area (Å²) in [5.74, 6) is 0.0944. The van der Waals surface area contributed by atoms with Crippen LogP contribution in [0.25, 0.3) is 0 Å². The molecule has 1 aromatic heterocycles. The van der Waals surface area contributed by atoms with E-state index >= 15 is 0 Å². The summed E-state index contributed by atoms with van der Waals surface area (Å²) in [4.78, 5) is 14.8. The number of nitrogens with zero attached hydrogens (tertiary/aromatic N) is 4. The number of hydrogen-bond acceptors (Lipinski definition) is 4. The van der Waals surface area contributed by atoms with E-state index in [4.69, 9.17) is 11.6 Å². The lowest BCUT2D eigenvalue weighted by atomic mass is 9.93. The molecule has 1 saturated heterocycles. The van der Waals surface area contributed by atoms with Crippen LogP contribution in [0.4, 0.5) is 0 Å². The predicted molar refractivity (Wildman–Crippen MR) is 107 cm³/mol. The number of rotatable bonds is 5. The lowest BCUT2D eigenvalue weighted by molar-refractivity contribution is 0.0719. The van der Waals surface area contributed by atoms with Crippen molar-refractivity contribution >= 4 is 17.5 Å². The van der Waals surface area contributed by atoms with Gasteiger partial charge in [-0.25, -0.2) is 4.68 Å². The van der Waals surface area contributed by atoms with Crippen molar-refractivity contribution in [3.05, 3.63) is 46.2 Å². The van der Waals surface area contributed by atoms with Crippen LogP contribution in [-0.2, 0) is 0 Å². The Hall–Kier alpha value is -1.92. The van der Waals surface area contributed by atoms with Crippen LogP contribution in [-0.4, -0.2) is 52.0 Å². The van der Waals surface area contributed by atoms with Crippen LogP contribution in [0.1, 0.15) is 60.4 Å². The molecular formula is C20H28ClN5O. The third-order valence-electron chi connectivity index (χ3n) is 5.84. The predicted octanol–water partition coefficient (Wildman–Crippen LogP) is 3.43. The summed E-state index contributed by atoms with van der Waals surface area (Å²) in [6, 6.07) is 8.13. The molecule has 27 heavy (non-hydrogen) atoms. The summed E-state index contributed by atoms with van der Waals surface area (Å²) in [5.41, 5.74) is 2.46. The average Bonchev–Trinajstić information content (AvgIpc) is 3.08. The van der Waals surface area contributed by atoms with E-state index in [1.54, 1.807) is 4.90 Å². The molecule has 2 atom stereocenters. The Labute approximate surface area is 165 Å². The zero-order valence-electron chi connectivity index (χ0n) is 16.4. The summed E-state index contributed by atoms with van der Waals surface area (Å²) in [5, 5.41) is 12.6. The van der Waals surface area contributed by atoms with Crippen LogP contribution in [0.3, 0.4) is 0 Å². The monoisotopic (exact) mass is 389 g/mol. The summed E-state index contributed by atoms with van der Waals surface area (Å²) in [7, 11) is 1.84. The van der Waals surface area contributed by atoms with Crippen LogP contribution < -0.4 is 5.32 Å². The van der Waals surface area contributed by atoms with Crippen LogP contribution in [0.5, 0.6) is 0 Å². The maximum atomic E-state index is 13.1. The highest BCUT2D eigenvalue weighted by atomic mass is 35.5. The van der Waals surface area contributed by atoms with Crippen molar-refractivity contribution in [1.29, 1.82) is 0 Å². The largest absolute Gasteiger partial charge is 0.337 e. The second kappa shape index (κ2) is 8.40. The first-order chi connectivity index (χ1) is 12.9. The van der Waals surface area contributed by atoms with Gasteiger partial charge in [-0.3, -0.25) is 4.79 Å². The molecule has 146 valence electrons. The zero-order chi connectivity index (χ0) is 19.6. The smallest absolute Gasteiger partial charge is 0.276 e. The second-order valence-corrected chi connectivity index (χ2v) is 7.88. The highest BCUT2D eigenvalue weighted by Crippen LogP contribution is 2.26. The van der Waals surface area contributed by atoms with Crippen LogP contribution in [0.15, 0.2) is 24.3 Å². The summed E-state index contributed by atoms with van der Waals surface area (Å²) in [6.45, 7) is 8.07. The van der Waals surface area contributed by atoms with Crippen molar-refractivity contribution in [3.8, 4) is 0 Å². The Morgan fingerprint density at radius 2 is 1.89 bits per heavy atom. The van der Waals surface area contributed by atoms with Crippen molar-refractivity contribution in [3.63, 3.8) is 0 Å². The van der Waals surface area contributed by atoms with Crippen molar-refractivity contribution < 1.29 is 4.79 Å². The van der Waals surface area contributed by atoms with Crippen LogP contribution in [0.2, 0.25) is 5.02 Å². The van der Waals surface area contributed by atoms with Gasteiger partial charge >= 0.3 is 0 Å². The van der Waals surface area contributed by atoms with Gasteiger partial charge in [0.05, 0.1) is 11.7 Å². The molecule has 0 saturated carbocycles. The minimum absolute atomic E-state index is 0.0158. The molecule has 2 aromatic rings. The summed E-state index contributed by atoms with van der Waals surface area (Å²) < 4.78 is 1.93. The molecular weight excluding hydrogens is 362 g/mol. The molecule has 1 amide bonds. The van der Waals surface area contributed by atoms with E-state index in [-0.39, 0.29) is 17.9 Å². The molecule has 1 fully saturated rings. The maximum Gasteiger partial charge on any atom is 0.276 e. The lowest BCUT2D eigenvalue weighted by Gasteiger charge is -2.30. The van der Waals surface area contributed by atoms with Crippen molar-refractivity contribution in [2.24, 2.45) is 0 Å². The number of piperidine rings is 1. The van der Waals surface area contributed by atoms with E-state index in [1.807, 2.05) is 42.9 Å². The molecule has 0 radical (unpaired) electrons. The summed E-state index contributed by atoms with van der Waals surface area (Å²) >= 11 is 5.99. The fourth-order valence-electron chi connectivity index (χ4n) is 3.67. The number of carbonyl (C=O) groups excluding carboxylic acids is 1. The van der Waals surface area contributed by atoms with Gasteiger partial charge in [0.15, 0.2) is 5.69 Å². The van der Waals surface area contributed by atoms with Gasteiger partial charge in [0.25, 0.3) is 5.91 Å². The standard InChI is InChI=1S/C20H28ClN5O/c1-13(16-5-7-17(21)8-6-16)14(2)25(4)20(27)19-15(3)26(24-23-19)18-9-11-22-12-10-18/h5-8,13-14,18,22H,9-12H2,1-4H3. The molecule has 1 aliphatic heterocycles. The highest BCUT2D eigenvalue weighted by molar-refractivity contribution is 6.30. The van der Waals surface area contributed by atoms with E-state index in [0.717, 1.165) is 37.2 Å². The minimum atomic E-state index is -0.0824. The molecule has 0 bridgehead atoms. The second-order valence-electron chi connectivity index (χ2n) is 7.45. The molecule has 1 N–H and O–H groups in total. The van der Waals surface area contributed by atoms with E-state index in [1.165, 1.54) is 0 Å². The molecule has 0 spiro atoms. The van der Waals surface area contributed by atoms with E-state index in [2.05, 4.69) is 29.5 Å². The number of likely N-dealkylation sites (N-methyl/N-ethyl adjacent to an activating group) is 1. The van der Waals surface area contributed by atoms with Crippen molar-refractivity contribution in [1.82, 2.24) is 25.2 Å². The van der Waals surface area contributed by atoms with Gasteiger partial charge in [0.2, 0.25) is 0 Å². The topological polar surface area (TPSA) is 63.1 Å². The molecule has 2 unspecified atom stereocenters. The van der Waals surface area contributed by atoms with E-state index in [0.29, 0.717) is 16.8 Å². The molecule has 7 heteroatoms. The van der Waals surface area contributed by atoms with Gasteiger partial charge < -0.3 is 10.2 Å². The van der Waals surface area contributed by atoms with Gasteiger partial charge in [-0.1, -0.05) is 35.9 Å². The first-order valence-corrected chi connectivity index (χ1v) is 9.93. The molecule has 2 heterocycles. The number of amides is 1. The Bertz CT molecular complexity index is 782. The Morgan fingerprint density at radius 3 is 2.52 bits per heavy atom. The van der Waals surface area contributed by atoms with Crippen molar-refractivity contribution in [2.45, 2.75) is 51.6 Å². The van der Waals surface area contributed by atoms with Gasteiger partial charge in [-0.2, -0.15) is 0 Å². The van der Waals surface area contributed by atoms with Gasteiger partial charge in [-0.15, -0.1) is 5.10 Å². The first kappa shape index (κ1) is 19.8. The molecule has 1 aliphatic rings. The molecule has 0 aliphatic carbocycles. The van der Waals surface area contributed by atoms with Crippen molar-refractivity contribution in [2.75, 3.05) is 20.1 Å². The zero-order valence-corrected chi connectivity index (χ0v) is 17.2. The van der Waals surface area contributed by atoms with Crippen LogP contribution >= 0.6 is 11.6 Å². The third kappa shape index (κ3) is 4.17. The number of benzene rings is 1. The quantitative estimate of drug-likeness (QED) is 0.850.